The van der Waals surface area contributed by atoms with E-state index in [2.05, 4.69) is 23.5 Å². The lowest BCUT2D eigenvalue weighted by Gasteiger charge is -2.19. The van der Waals surface area contributed by atoms with E-state index in [0.717, 1.165) is 43.6 Å². The molecule has 1 aliphatic heterocycles. The van der Waals surface area contributed by atoms with Crippen molar-refractivity contribution in [2.75, 3.05) is 6.61 Å². The molecule has 1 N–H and O–H groups in total. The van der Waals surface area contributed by atoms with Crippen LogP contribution in [0.1, 0.15) is 43.7 Å². The maximum absolute atomic E-state index is 12.2. The molecule has 0 spiro atoms. The number of fused-ring (bicyclic) bond motifs is 1. The van der Waals surface area contributed by atoms with Gasteiger partial charge in [0, 0.05) is 12.0 Å². The number of allylic oxidation sites excluding steroid dienone is 2. The molecule has 1 aromatic rings. The van der Waals surface area contributed by atoms with Crippen LogP contribution >= 0.6 is 0 Å². The summed E-state index contributed by atoms with van der Waals surface area (Å²) in [6, 6.07) is 8.12. The highest BCUT2D eigenvalue weighted by Gasteiger charge is 2.22. The van der Waals surface area contributed by atoms with Crippen LogP contribution in [0.3, 0.4) is 0 Å². The second-order valence-corrected chi connectivity index (χ2v) is 5.62. The van der Waals surface area contributed by atoms with Gasteiger partial charge in [-0.2, -0.15) is 0 Å². The zero-order valence-corrected chi connectivity index (χ0v) is 11.7. The van der Waals surface area contributed by atoms with Crippen molar-refractivity contribution < 1.29 is 9.53 Å². The van der Waals surface area contributed by atoms with E-state index in [1.165, 1.54) is 0 Å². The molecule has 20 heavy (non-hydrogen) atoms. The van der Waals surface area contributed by atoms with Crippen LogP contribution in [0.5, 0.6) is 5.75 Å². The lowest BCUT2D eigenvalue weighted by Crippen LogP contribution is -2.29. The largest absolute Gasteiger partial charge is 0.493 e. The summed E-state index contributed by atoms with van der Waals surface area (Å²) in [4.78, 5) is 12.2. The van der Waals surface area contributed by atoms with Gasteiger partial charge in [0.05, 0.1) is 12.6 Å². The Bertz CT molecular complexity index is 509. The van der Waals surface area contributed by atoms with Gasteiger partial charge in [-0.3, -0.25) is 4.79 Å². The van der Waals surface area contributed by atoms with Gasteiger partial charge in [-0.05, 0) is 37.7 Å². The smallest absolute Gasteiger partial charge is 0.221 e. The highest BCUT2D eigenvalue weighted by Crippen LogP contribution is 2.31. The van der Waals surface area contributed by atoms with Gasteiger partial charge >= 0.3 is 0 Å². The number of amides is 1. The fourth-order valence-corrected chi connectivity index (χ4v) is 3.03. The highest BCUT2D eigenvalue weighted by molar-refractivity contribution is 5.77. The van der Waals surface area contributed by atoms with Gasteiger partial charge in [0.1, 0.15) is 5.75 Å². The lowest BCUT2D eigenvalue weighted by atomic mass is 10.0. The number of rotatable bonds is 3. The van der Waals surface area contributed by atoms with Gasteiger partial charge in [0.15, 0.2) is 0 Å². The summed E-state index contributed by atoms with van der Waals surface area (Å²) in [5.41, 5.74) is 1.11. The van der Waals surface area contributed by atoms with Crippen LogP contribution in [-0.4, -0.2) is 12.5 Å². The number of nitrogens with one attached hydrogen (secondary N) is 1. The molecule has 1 amide bonds. The van der Waals surface area contributed by atoms with Gasteiger partial charge in [-0.25, -0.2) is 0 Å². The standard InChI is InChI=1S/C17H21NO2/c19-17(12-13-6-1-2-7-13)18-15-9-5-11-20-16-10-4-3-8-14(15)16/h1,3-4,6,8,10,13,15H,2,5,7,9,11-12H2,(H,18,19)/t13-,15+/m1/s1. The third-order valence-electron chi connectivity index (χ3n) is 4.08. The van der Waals surface area contributed by atoms with Crippen molar-refractivity contribution in [1.82, 2.24) is 5.32 Å². The summed E-state index contributed by atoms with van der Waals surface area (Å²) in [5, 5.41) is 3.19. The molecule has 0 radical (unpaired) electrons. The van der Waals surface area contributed by atoms with Crippen LogP contribution in [-0.2, 0) is 4.79 Å². The zero-order chi connectivity index (χ0) is 13.8. The number of ether oxygens (including phenoxy) is 1. The monoisotopic (exact) mass is 271 g/mol. The molecule has 3 heteroatoms. The first-order valence-corrected chi connectivity index (χ1v) is 7.50. The molecule has 0 aromatic heterocycles. The van der Waals surface area contributed by atoms with E-state index in [4.69, 9.17) is 4.74 Å². The predicted octanol–water partition coefficient (Wildman–Crippen LogP) is 3.37. The third-order valence-corrected chi connectivity index (χ3v) is 4.08. The van der Waals surface area contributed by atoms with Crippen LogP contribution in [0.2, 0.25) is 0 Å². The summed E-state index contributed by atoms with van der Waals surface area (Å²) in [6.45, 7) is 0.731. The van der Waals surface area contributed by atoms with Crippen LogP contribution in [0, 0.1) is 5.92 Å². The van der Waals surface area contributed by atoms with Gasteiger partial charge in [-0.1, -0.05) is 30.4 Å². The van der Waals surface area contributed by atoms with Gasteiger partial charge in [0.25, 0.3) is 0 Å². The van der Waals surface area contributed by atoms with Crippen molar-refractivity contribution in [3.8, 4) is 5.75 Å². The minimum absolute atomic E-state index is 0.0894. The molecule has 106 valence electrons. The molecule has 0 bridgehead atoms. The Morgan fingerprint density at radius 2 is 2.20 bits per heavy atom. The molecular weight excluding hydrogens is 250 g/mol. The van der Waals surface area contributed by atoms with Gasteiger partial charge in [-0.15, -0.1) is 0 Å². The maximum Gasteiger partial charge on any atom is 0.221 e. The first-order valence-electron chi connectivity index (χ1n) is 7.50. The van der Waals surface area contributed by atoms with Gasteiger partial charge in [0.2, 0.25) is 5.91 Å². The Kier molecular flexibility index (Phi) is 4.05. The molecule has 1 aliphatic carbocycles. The van der Waals surface area contributed by atoms with Crippen LogP contribution in [0.25, 0.3) is 0 Å². The summed E-state index contributed by atoms with van der Waals surface area (Å²) < 4.78 is 5.73. The quantitative estimate of drug-likeness (QED) is 0.856. The first kappa shape index (κ1) is 13.2. The van der Waals surface area contributed by atoms with E-state index < -0.39 is 0 Å². The first-order chi connectivity index (χ1) is 9.83. The molecule has 1 heterocycles. The fraction of sp³-hybridized carbons (Fsp3) is 0.471. The lowest BCUT2D eigenvalue weighted by molar-refractivity contribution is -0.122. The minimum atomic E-state index is 0.0894. The zero-order valence-electron chi connectivity index (χ0n) is 11.7. The van der Waals surface area contributed by atoms with Crippen LogP contribution < -0.4 is 10.1 Å². The van der Waals surface area contributed by atoms with Crippen molar-refractivity contribution >= 4 is 5.91 Å². The highest BCUT2D eigenvalue weighted by atomic mass is 16.5. The van der Waals surface area contributed by atoms with Crippen LogP contribution in [0.4, 0.5) is 0 Å². The summed E-state index contributed by atoms with van der Waals surface area (Å²) in [7, 11) is 0. The van der Waals surface area contributed by atoms with Crippen molar-refractivity contribution in [3.63, 3.8) is 0 Å². The average molecular weight is 271 g/mol. The normalized spacial score (nSPS) is 24.6. The molecule has 0 unspecified atom stereocenters. The second kappa shape index (κ2) is 6.12. The Labute approximate surface area is 120 Å². The van der Waals surface area contributed by atoms with Crippen molar-refractivity contribution in [1.29, 1.82) is 0 Å². The average Bonchev–Trinajstić information content (AvgIpc) is 2.87. The van der Waals surface area contributed by atoms with Gasteiger partial charge < -0.3 is 10.1 Å². The molecule has 1 aromatic carbocycles. The summed E-state index contributed by atoms with van der Waals surface area (Å²) in [5.74, 6) is 1.49. The maximum atomic E-state index is 12.2. The Balaban J connectivity index is 1.67. The molecule has 3 rings (SSSR count). The fourth-order valence-electron chi connectivity index (χ4n) is 3.03. The van der Waals surface area contributed by atoms with Crippen LogP contribution in [0.15, 0.2) is 36.4 Å². The number of benzene rings is 1. The van der Waals surface area contributed by atoms with E-state index in [0.29, 0.717) is 12.3 Å². The van der Waals surface area contributed by atoms with Crippen molar-refractivity contribution in [2.24, 2.45) is 5.92 Å². The number of hydrogen-bond donors (Lipinski definition) is 1. The minimum Gasteiger partial charge on any atom is -0.493 e. The van der Waals surface area contributed by atoms with E-state index in [1.807, 2.05) is 18.2 Å². The Hall–Kier alpha value is -1.77. The molecule has 0 saturated carbocycles. The van der Waals surface area contributed by atoms with E-state index >= 15 is 0 Å². The molecule has 0 fully saturated rings. The molecule has 3 nitrogen and oxygen atoms in total. The number of carbonyl (C=O) groups is 1. The SMILES string of the molecule is O=C(C[C@@H]1C=CCC1)N[C@H]1CCCOc2ccccc21. The Morgan fingerprint density at radius 3 is 3.05 bits per heavy atom. The van der Waals surface area contributed by atoms with Crippen molar-refractivity contribution in [3.05, 3.63) is 42.0 Å². The molecule has 0 saturated heterocycles. The van der Waals surface area contributed by atoms with E-state index in [1.54, 1.807) is 0 Å². The molecule has 2 atom stereocenters. The predicted molar refractivity (Wildman–Crippen MR) is 78.5 cm³/mol. The number of carbonyl (C=O) groups excluding carboxylic acids is 1. The molecule has 2 aliphatic rings. The topological polar surface area (TPSA) is 38.3 Å². The van der Waals surface area contributed by atoms with E-state index in [-0.39, 0.29) is 11.9 Å². The third kappa shape index (κ3) is 3.03. The Morgan fingerprint density at radius 1 is 1.30 bits per heavy atom. The second-order valence-electron chi connectivity index (χ2n) is 5.62. The van der Waals surface area contributed by atoms with E-state index in [9.17, 15) is 4.79 Å². The van der Waals surface area contributed by atoms with Crippen molar-refractivity contribution in [2.45, 2.75) is 38.1 Å². The number of hydrogen-bond acceptors (Lipinski definition) is 2. The molecular formula is C17H21NO2. The number of para-hydroxylation sites is 1. The summed E-state index contributed by atoms with van der Waals surface area (Å²) in [6.07, 6.45) is 9.09. The summed E-state index contributed by atoms with van der Waals surface area (Å²) >= 11 is 0.